The molecule has 0 fully saturated rings. The molecule has 5 aliphatic heterocycles. The van der Waals surface area contributed by atoms with Crippen molar-refractivity contribution in [3.8, 4) is 61.8 Å². The van der Waals surface area contributed by atoms with Gasteiger partial charge in [0, 0.05) is 119 Å². The highest BCUT2D eigenvalue weighted by molar-refractivity contribution is 7.15. The van der Waals surface area contributed by atoms with Crippen molar-refractivity contribution in [3.63, 3.8) is 0 Å². The van der Waals surface area contributed by atoms with Crippen molar-refractivity contribution in [3.05, 3.63) is 266 Å². The Balaban J connectivity index is 0.000000142. The lowest BCUT2D eigenvalue weighted by molar-refractivity contribution is -0.131. The number of nitrogens with two attached hydrogens (primary N) is 5. The maximum atomic E-state index is 13.6. The molecule has 0 spiro atoms. The predicted octanol–water partition coefficient (Wildman–Crippen LogP) is 18.3. The molecule has 28 nitrogen and oxygen atoms in total. The maximum absolute atomic E-state index is 13.6. The highest BCUT2D eigenvalue weighted by Gasteiger charge is 2.51. The summed E-state index contributed by atoms with van der Waals surface area (Å²) in [4.78, 5) is 111. The second kappa shape index (κ2) is 40.2. The number of hydrogen-bond donors (Lipinski definition) is 5. The van der Waals surface area contributed by atoms with Crippen molar-refractivity contribution in [1.82, 2.24) is 39.5 Å². The Labute approximate surface area is 810 Å². The zero-order valence-electron chi connectivity index (χ0n) is 75.6. The molecular weight excluding hydrogens is 1860 g/mol. The quantitative estimate of drug-likeness (QED) is 0.0565. The maximum Gasteiger partial charge on any atom is 0.239 e. The zero-order valence-corrected chi connectivity index (χ0v) is 81.9. The molecule has 1 unspecified atom stereocenters. The lowest BCUT2D eigenvalue weighted by atomic mass is 9.76. The average molecular weight is 1960 g/mol. The zero-order chi connectivity index (χ0) is 97.0. The molecule has 692 valence electrons. The van der Waals surface area contributed by atoms with Gasteiger partial charge in [0.2, 0.25) is 29.5 Å². The number of benzene rings is 5. The lowest BCUT2D eigenvalue weighted by Crippen LogP contribution is -2.52. The number of amides is 5. The third kappa shape index (κ3) is 20.9. The normalized spacial score (nSPS) is 21.2. The Hall–Kier alpha value is -12.8. The van der Waals surface area contributed by atoms with Gasteiger partial charge in [0.15, 0.2) is 29.8 Å². The van der Waals surface area contributed by atoms with Crippen LogP contribution in [0.25, 0.3) is 54.9 Å². The van der Waals surface area contributed by atoms with Crippen LogP contribution in [0, 0.1) is 28.5 Å². The number of hydrogen-bond acceptors (Lipinski definition) is 27. The molecule has 7 atom stereocenters. The number of nitriles is 2. The minimum Gasteiger partial charge on any atom is -0.491 e. The number of likely N-dealkylation sites (N-methyl/N-ethyl adjacent to an activating group) is 2. The molecule has 0 radical (unpaired) electrons. The van der Waals surface area contributed by atoms with Gasteiger partial charge >= 0.3 is 0 Å². The molecule has 134 heavy (non-hydrogen) atoms. The number of halogens is 5. The highest BCUT2D eigenvalue weighted by Crippen LogP contribution is 2.52. The minimum atomic E-state index is -0.898. The van der Waals surface area contributed by atoms with Crippen LogP contribution in [0.4, 0.5) is 4.39 Å². The van der Waals surface area contributed by atoms with Crippen LogP contribution < -0.4 is 33.4 Å². The number of fused-ring (bicyclic) bond motifs is 1. The van der Waals surface area contributed by atoms with Gasteiger partial charge in [-0.25, -0.2) is 39.3 Å². The van der Waals surface area contributed by atoms with Gasteiger partial charge in [-0.2, -0.15) is 10.5 Å². The number of aromatic nitrogens is 3. The van der Waals surface area contributed by atoms with Gasteiger partial charge in [-0.05, 0) is 214 Å². The van der Waals surface area contributed by atoms with E-state index in [0.29, 0.717) is 50.9 Å². The highest BCUT2D eigenvalue weighted by atomic mass is 35.5. The number of ether oxygens (including phenoxy) is 2. The Morgan fingerprint density at radius 2 is 1.13 bits per heavy atom. The number of rotatable bonds is 17. The number of furan rings is 1. The number of pyridine rings is 1. The minimum absolute atomic E-state index is 0.00622. The number of nitrogens with zero attached hydrogens (tertiary/aromatic N) is 15. The average Bonchev–Trinajstić information content (AvgIpc) is 1.33. The van der Waals surface area contributed by atoms with E-state index in [9.17, 15) is 33.6 Å². The van der Waals surface area contributed by atoms with Crippen molar-refractivity contribution in [1.29, 1.82) is 10.5 Å². The largest absolute Gasteiger partial charge is 0.491 e. The van der Waals surface area contributed by atoms with E-state index in [1.807, 2.05) is 181 Å². The van der Waals surface area contributed by atoms with E-state index in [0.717, 1.165) is 91.2 Å². The van der Waals surface area contributed by atoms with E-state index in [1.54, 1.807) is 120 Å². The lowest BCUT2D eigenvalue weighted by Gasteiger charge is -2.40. The summed E-state index contributed by atoms with van der Waals surface area (Å²) in [5.74, 6) is -0.418. The number of guanidine groups is 5. The summed E-state index contributed by atoms with van der Waals surface area (Å²) in [6, 6.07) is 50.1. The second-order valence-corrected chi connectivity index (χ2v) is 39.6. The van der Waals surface area contributed by atoms with Gasteiger partial charge in [-0.3, -0.25) is 53.5 Å². The van der Waals surface area contributed by atoms with Gasteiger partial charge in [-0.1, -0.05) is 94.9 Å². The first-order chi connectivity index (χ1) is 63.4. The summed E-state index contributed by atoms with van der Waals surface area (Å²) < 4.78 is 30.2. The summed E-state index contributed by atoms with van der Waals surface area (Å²) in [7, 11) is 9.72. The van der Waals surface area contributed by atoms with E-state index >= 15 is 0 Å². The SMILES string of the molecule is CC(C)Oc1cc(Cl)cc(-c2csc([C@]3(C)CC(=O)N(C)C(N)=N3)c2)c1.CN1C(=O)C(c2ccc(C(C)(C)C#N)cc2)[C@@](C)(c2sccc2Cl)N=C1N.CN1C(=O)C[C@@](C)(c2cccc(-c3cc(Cl)cc(Cl)c3)n2)N=C1N.CN1C(=O)[C@@H](c2ccc3ccoc3c2)[C@@](C)(c2cc(-c3cncnc3)cs2)N=C1N.COCC[C@@]1(c2ccc(-c3ccc(F)c(C#N)c3)s2)CC(=O)N(C)C(N)=N1. The fraction of sp³-hybridized carbons (Fsp3) is 0.289. The molecule has 0 saturated heterocycles. The van der Waals surface area contributed by atoms with Gasteiger partial charge < -0.3 is 42.6 Å². The first kappa shape index (κ1) is 98.7. The Bertz CT molecular complexity index is 6740. The third-order valence-electron chi connectivity index (χ3n) is 23.7. The van der Waals surface area contributed by atoms with Crippen molar-refractivity contribution in [2.45, 2.75) is 132 Å². The van der Waals surface area contributed by atoms with Gasteiger partial charge in [0.1, 0.15) is 57.2 Å². The number of carbonyl (C=O) groups is 5. The summed E-state index contributed by atoms with van der Waals surface area (Å²) >= 11 is 30.8. The van der Waals surface area contributed by atoms with Crippen molar-refractivity contribution >= 4 is 162 Å². The summed E-state index contributed by atoms with van der Waals surface area (Å²) in [5.41, 5.74) is 35.4. The van der Waals surface area contributed by atoms with Crippen LogP contribution in [0.2, 0.25) is 20.1 Å². The monoisotopic (exact) mass is 1960 g/mol. The molecule has 10 N–H and O–H groups in total. The smallest absolute Gasteiger partial charge is 0.239 e. The number of thiophene rings is 4. The van der Waals surface area contributed by atoms with Crippen LogP contribution in [-0.4, -0.2) is 154 Å². The van der Waals surface area contributed by atoms with Gasteiger partial charge in [0.05, 0.1) is 81.8 Å². The fourth-order valence-corrected chi connectivity index (χ4v) is 21.3. The standard InChI is InChI=1S/C22H19N5O2S.C20H21ClN4OS.C19H22ClN3O2S.C19H19FN4O2S.C17H16Cl2N4O/c1-22(18-8-15(11-30-18)16-9-24-12-25-10-16)19(20(28)27(2)21(23)26-22)14-4-3-13-5-6-29-17(13)7-14;1-19(2,11-22)13-7-5-12(6-8-13)15-17(26)25(4)18(23)24-20(15,3)16-14(21)9-10-27-16;1-11(2)25-15-6-12(5-14(20)8-15)13-7-16(26-10-13)19(3)9-17(24)23(4)18(21)22-19;1-24-17(25)10-19(7-8-26-2,23-18(24)22)16-6-5-15(27-16)12-3-4-14(20)13(9-12)11-21;1-17(9-15(24)23(2)16(20)22-17)14-5-3-4-13(21-14)10-6-11(18)8-12(19)7-10/h3-12,19H,1-2H3,(H2,23,26);5-10,15H,1-4H3,(H2,23,24);5-8,10-11H,9H2,1-4H3,(H2,21,22);3-6,9H,7-8,10H2,1-2H3,(H2,22,23);3-8H,9H2,1-2H3,(H2,20,22)/t19-,22-;15?,20-;2*19-;17-/m10000/s1. The van der Waals surface area contributed by atoms with Crippen LogP contribution in [0.1, 0.15) is 140 Å². The van der Waals surface area contributed by atoms with Crippen molar-refractivity contribution in [2.75, 3.05) is 49.0 Å². The number of methoxy groups -OCH3 is 1. The summed E-state index contributed by atoms with van der Waals surface area (Å²) in [6.45, 7) is 15.7. The van der Waals surface area contributed by atoms with E-state index in [1.165, 1.54) is 65.6 Å². The van der Waals surface area contributed by atoms with E-state index in [-0.39, 0.29) is 83.8 Å². The first-order valence-corrected chi connectivity index (χ1v) is 46.9. The third-order valence-corrected chi connectivity index (χ3v) is 29.6. The Morgan fingerprint density at radius 3 is 1.74 bits per heavy atom. The molecule has 5 amide bonds. The van der Waals surface area contributed by atoms with Crippen LogP contribution >= 0.6 is 91.8 Å². The molecule has 7 aromatic heterocycles. The molecule has 17 rings (SSSR count). The number of aliphatic imine (C=N–C) groups is 5. The Morgan fingerprint density at radius 1 is 0.567 bits per heavy atom. The van der Waals surface area contributed by atoms with Crippen LogP contribution in [0.5, 0.6) is 5.75 Å². The molecule has 5 aromatic carbocycles. The summed E-state index contributed by atoms with van der Waals surface area (Å²) in [6.07, 6.45) is 7.95. The first-order valence-electron chi connectivity index (χ1n) is 41.9. The Kier molecular flexibility index (Phi) is 29.6. The van der Waals surface area contributed by atoms with Crippen molar-refractivity contribution in [2.24, 2.45) is 53.6 Å². The fourth-order valence-electron chi connectivity index (χ4n) is 15.9. The van der Waals surface area contributed by atoms with Gasteiger partial charge in [-0.15, -0.1) is 45.3 Å². The van der Waals surface area contributed by atoms with Gasteiger partial charge in [0.25, 0.3) is 0 Å². The van der Waals surface area contributed by atoms with E-state index in [2.05, 4.69) is 41.0 Å². The molecule has 0 saturated carbocycles. The van der Waals surface area contributed by atoms with E-state index in [4.69, 9.17) is 99.2 Å². The topological polar surface area (TPSA) is 411 Å². The van der Waals surface area contributed by atoms with Crippen LogP contribution in [0.15, 0.2) is 222 Å². The molecular formula is C97H97Cl4FN20O8S4. The summed E-state index contributed by atoms with van der Waals surface area (Å²) in [5, 5.41) is 27.6. The van der Waals surface area contributed by atoms with Crippen LogP contribution in [-0.2, 0) is 61.8 Å². The number of carbonyl (C=O) groups excluding carboxylic acids is 5. The van der Waals surface area contributed by atoms with Crippen molar-refractivity contribution < 1.29 is 42.3 Å². The van der Waals surface area contributed by atoms with E-state index < -0.39 is 50.8 Å². The molecule has 12 aromatic rings. The molecule has 5 aliphatic rings. The molecule has 12 heterocycles. The predicted molar refractivity (Wildman–Crippen MR) is 529 cm³/mol. The van der Waals surface area contributed by atoms with Crippen LogP contribution in [0.3, 0.4) is 0 Å². The second-order valence-electron chi connectivity index (χ2n) is 34.1. The molecule has 37 heteroatoms. The molecule has 0 aliphatic carbocycles. The molecule has 0 bridgehead atoms.